The first-order chi connectivity index (χ1) is 7.02. The molecule has 1 unspecified atom stereocenters. The highest BCUT2D eigenvalue weighted by Crippen LogP contribution is 2.25. The van der Waals surface area contributed by atoms with Crippen LogP contribution in [-0.4, -0.2) is 23.9 Å². The van der Waals surface area contributed by atoms with Crippen molar-refractivity contribution in [3.63, 3.8) is 0 Å². The molecule has 1 rings (SSSR count). The van der Waals surface area contributed by atoms with Gasteiger partial charge in [-0.15, -0.1) is 0 Å². The molecular weight excluding hydrogens is 212 g/mol. The predicted molar refractivity (Wildman–Crippen MR) is 63.6 cm³/mol. The van der Waals surface area contributed by atoms with E-state index in [0.717, 1.165) is 5.69 Å². The normalized spacial score (nSPS) is 12.2. The van der Waals surface area contributed by atoms with Crippen LogP contribution in [0.2, 0.25) is 5.02 Å². The number of nitrogens with two attached hydrogens (primary N) is 1. The molecule has 1 heterocycles. The lowest BCUT2D eigenvalue weighted by atomic mass is 10.2. The quantitative estimate of drug-likeness (QED) is 0.609. The Morgan fingerprint density at radius 2 is 2.40 bits per heavy atom. The Hall–Kier alpha value is -1.29. The van der Waals surface area contributed by atoms with Crippen LogP contribution in [0.4, 0.5) is 5.69 Å². The van der Waals surface area contributed by atoms with E-state index >= 15 is 0 Å². The van der Waals surface area contributed by atoms with Crippen LogP contribution in [0.1, 0.15) is 13.3 Å². The maximum absolute atomic E-state index is 7.24. The van der Waals surface area contributed by atoms with Gasteiger partial charge in [0.15, 0.2) is 0 Å². The minimum absolute atomic E-state index is 0.141. The van der Waals surface area contributed by atoms with Gasteiger partial charge in [-0.3, -0.25) is 10.4 Å². The summed E-state index contributed by atoms with van der Waals surface area (Å²) in [5.74, 6) is 0.180. The molecule has 5 heteroatoms. The third-order valence-corrected chi connectivity index (χ3v) is 2.60. The summed E-state index contributed by atoms with van der Waals surface area (Å²) in [7, 11) is 1.93. The molecule has 0 amide bonds. The Morgan fingerprint density at radius 3 is 2.93 bits per heavy atom. The standard InChI is InChI=1S/C10H15ClN4/c1-7(5-10(12)13)15(2)9-3-4-14-6-8(9)11/h3-4,6-7H,5H2,1-2H3,(H3,12,13). The molecule has 0 radical (unpaired) electrons. The third kappa shape index (κ3) is 3.09. The van der Waals surface area contributed by atoms with E-state index in [9.17, 15) is 0 Å². The molecule has 0 aliphatic carbocycles. The van der Waals surface area contributed by atoms with Gasteiger partial charge >= 0.3 is 0 Å². The zero-order valence-electron chi connectivity index (χ0n) is 8.87. The van der Waals surface area contributed by atoms with Crippen LogP contribution in [0.3, 0.4) is 0 Å². The molecule has 0 aliphatic heterocycles. The molecule has 0 aromatic carbocycles. The molecule has 1 atom stereocenters. The molecule has 4 nitrogen and oxygen atoms in total. The van der Waals surface area contributed by atoms with Crippen LogP contribution in [-0.2, 0) is 0 Å². The van der Waals surface area contributed by atoms with E-state index in [1.54, 1.807) is 12.4 Å². The number of amidine groups is 1. The summed E-state index contributed by atoms with van der Waals surface area (Å²) in [4.78, 5) is 5.91. The first kappa shape index (κ1) is 11.8. The van der Waals surface area contributed by atoms with Crippen LogP contribution >= 0.6 is 11.6 Å². The lowest BCUT2D eigenvalue weighted by Gasteiger charge is -2.27. The monoisotopic (exact) mass is 226 g/mol. The minimum atomic E-state index is 0.141. The van der Waals surface area contributed by atoms with Gasteiger partial charge in [-0.25, -0.2) is 0 Å². The van der Waals surface area contributed by atoms with Gasteiger partial charge in [0.05, 0.1) is 16.5 Å². The van der Waals surface area contributed by atoms with E-state index in [0.29, 0.717) is 11.4 Å². The lowest BCUT2D eigenvalue weighted by Crippen LogP contribution is -2.33. The van der Waals surface area contributed by atoms with Gasteiger partial charge in [-0.1, -0.05) is 11.6 Å². The Kier molecular flexibility index (Phi) is 3.91. The van der Waals surface area contributed by atoms with Crippen LogP contribution in [0.15, 0.2) is 18.5 Å². The Balaban J connectivity index is 2.80. The van der Waals surface area contributed by atoms with E-state index in [2.05, 4.69) is 4.98 Å². The van der Waals surface area contributed by atoms with Crippen molar-refractivity contribution in [2.75, 3.05) is 11.9 Å². The number of aromatic nitrogens is 1. The van der Waals surface area contributed by atoms with Gasteiger partial charge in [0.1, 0.15) is 0 Å². The second-order valence-electron chi connectivity index (χ2n) is 3.52. The lowest BCUT2D eigenvalue weighted by molar-refractivity contribution is 0.708. The van der Waals surface area contributed by atoms with Crippen LogP contribution in [0.5, 0.6) is 0 Å². The van der Waals surface area contributed by atoms with Gasteiger partial charge in [0, 0.05) is 31.9 Å². The minimum Gasteiger partial charge on any atom is -0.388 e. The maximum atomic E-state index is 7.24. The summed E-state index contributed by atoms with van der Waals surface area (Å²) in [6, 6.07) is 1.99. The Bertz CT molecular complexity index is 353. The fourth-order valence-electron chi connectivity index (χ4n) is 1.35. The summed E-state index contributed by atoms with van der Waals surface area (Å²) in [5, 5.41) is 7.85. The molecule has 0 fully saturated rings. The summed E-state index contributed by atoms with van der Waals surface area (Å²) in [5.41, 5.74) is 6.26. The summed E-state index contributed by atoms with van der Waals surface area (Å²) in [6.45, 7) is 2.00. The van der Waals surface area contributed by atoms with Crippen LogP contribution in [0, 0.1) is 5.41 Å². The second-order valence-corrected chi connectivity index (χ2v) is 3.92. The van der Waals surface area contributed by atoms with Gasteiger partial charge in [-0.2, -0.15) is 0 Å². The number of anilines is 1. The molecule has 3 N–H and O–H groups in total. The van der Waals surface area contributed by atoms with Crippen molar-refractivity contribution in [3.05, 3.63) is 23.5 Å². The van der Waals surface area contributed by atoms with E-state index in [4.69, 9.17) is 22.7 Å². The molecule has 82 valence electrons. The smallest absolute Gasteiger partial charge is 0.0925 e. The molecular formula is C10H15ClN4. The zero-order chi connectivity index (χ0) is 11.4. The second kappa shape index (κ2) is 4.98. The molecule has 1 aromatic rings. The molecule has 1 aromatic heterocycles. The zero-order valence-corrected chi connectivity index (χ0v) is 9.62. The highest BCUT2D eigenvalue weighted by atomic mass is 35.5. The highest BCUT2D eigenvalue weighted by molar-refractivity contribution is 6.33. The molecule has 0 spiro atoms. The molecule has 0 bridgehead atoms. The fourth-order valence-corrected chi connectivity index (χ4v) is 1.60. The topological polar surface area (TPSA) is 66.0 Å². The van der Waals surface area contributed by atoms with E-state index in [-0.39, 0.29) is 11.9 Å². The summed E-state index contributed by atoms with van der Waals surface area (Å²) >= 11 is 6.01. The van der Waals surface area contributed by atoms with Crippen molar-refractivity contribution in [2.45, 2.75) is 19.4 Å². The fraction of sp³-hybridized carbons (Fsp3) is 0.400. The first-order valence-electron chi connectivity index (χ1n) is 4.67. The van der Waals surface area contributed by atoms with Crippen LogP contribution < -0.4 is 10.6 Å². The van der Waals surface area contributed by atoms with E-state index in [1.165, 1.54) is 0 Å². The van der Waals surface area contributed by atoms with Crippen molar-refractivity contribution in [1.82, 2.24) is 4.98 Å². The van der Waals surface area contributed by atoms with Gasteiger partial charge in [0.25, 0.3) is 0 Å². The number of pyridine rings is 1. The van der Waals surface area contributed by atoms with Crippen molar-refractivity contribution in [2.24, 2.45) is 5.73 Å². The number of hydrogen-bond donors (Lipinski definition) is 2. The number of nitrogens with one attached hydrogen (secondary N) is 1. The maximum Gasteiger partial charge on any atom is 0.0925 e. The Labute approximate surface area is 94.6 Å². The number of nitrogens with zero attached hydrogens (tertiary/aromatic N) is 2. The summed E-state index contributed by atoms with van der Waals surface area (Å²) in [6.07, 6.45) is 3.82. The van der Waals surface area contributed by atoms with Crippen molar-refractivity contribution in [1.29, 1.82) is 5.41 Å². The van der Waals surface area contributed by atoms with Crippen LogP contribution in [0.25, 0.3) is 0 Å². The average molecular weight is 227 g/mol. The van der Waals surface area contributed by atoms with E-state index in [1.807, 2.05) is 24.9 Å². The largest absolute Gasteiger partial charge is 0.388 e. The first-order valence-corrected chi connectivity index (χ1v) is 5.05. The van der Waals surface area contributed by atoms with Crippen molar-refractivity contribution in [3.8, 4) is 0 Å². The molecule has 0 saturated heterocycles. The van der Waals surface area contributed by atoms with Gasteiger partial charge in [0.2, 0.25) is 0 Å². The molecule has 15 heavy (non-hydrogen) atoms. The van der Waals surface area contributed by atoms with Gasteiger partial charge < -0.3 is 10.6 Å². The SMILES string of the molecule is CC(CC(=N)N)N(C)c1ccncc1Cl. The average Bonchev–Trinajstić information content (AvgIpc) is 2.16. The van der Waals surface area contributed by atoms with Crippen molar-refractivity contribution < 1.29 is 0 Å². The third-order valence-electron chi connectivity index (χ3n) is 2.31. The van der Waals surface area contributed by atoms with Crippen molar-refractivity contribution >= 4 is 23.1 Å². The van der Waals surface area contributed by atoms with E-state index < -0.39 is 0 Å². The Morgan fingerprint density at radius 1 is 1.73 bits per heavy atom. The number of rotatable bonds is 4. The predicted octanol–water partition coefficient (Wildman–Crippen LogP) is 1.89. The number of hydrogen-bond acceptors (Lipinski definition) is 3. The number of halogens is 1. The molecule has 0 saturated carbocycles. The highest BCUT2D eigenvalue weighted by Gasteiger charge is 2.13. The molecule has 0 aliphatic rings. The van der Waals surface area contributed by atoms with Gasteiger partial charge in [-0.05, 0) is 13.0 Å². The summed E-state index contributed by atoms with van der Waals surface area (Å²) < 4.78 is 0.